The lowest BCUT2D eigenvalue weighted by Crippen LogP contribution is -2.54. The molecule has 6 nitrogen and oxygen atoms in total. The minimum absolute atomic E-state index is 0.00345. The maximum Gasteiger partial charge on any atom is 0.243 e. The Balaban J connectivity index is 2.20. The maximum absolute atomic E-state index is 13.4. The molecule has 1 heterocycles. The first-order valence-corrected chi connectivity index (χ1v) is 9.09. The van der Waals surface area contributed by atoms with Crippen molar-refractivity contribution < 1.29 is 22.7 Å². The number of halogens is 1. The van der Waals surface area contributed by atoms with Gasteiger partial charge in [-0.25, -0.2) is 12.8 Å². The van der Waals surface area contributed by atoms with Crippen LogP contribution in [0.15, 0.2) is 41.1 Å². The van der Waals surface area contributed by atoms with Crippen LogP contribution in [-0.2, 0) is 14.8 Å². The van der Waals surface area contributed by atoms with E-state index in [9.17, 15) is 22.7 Å². The Kier molecular flexibility index (Phi) is 5.74. The maximum atomic E-state index is 13.4. The minimum Gasteiger partial charge on any atom is -0.391 e. The molecule has 0 fully saturated rings. The summed E-state index contributed by atoms with van der Waals surface area (Å²) in [6.45, 7) is 3.21. The molecule has 132 valence electrons. The largest absolute Gasteiger partial charge is 0.391 e. The number of aliphatic hydroxyl groups is 1. The molecule has 0 saturated carbocycles. The first-order chi connectivity index (χ1) is 11.2. The number of carbonyl (C=O) groups excluding carboxylic acids is 1. The van der Waals surface area contributed by atoms with Crippen LogP contribution in [0.2, 0.25) is 0 Å². The lowest BCUT2D eigenvalue weighted by molar-refractivity contribution is -0.135. The van der Waals surface area contributed by atoms with Crippen molar-refractivity contribution in [3.05, 3.63) is 41.7 Å². The molecule has 0 radical (unpaired) electrons. The first kappa shape index (κ1) is 18.6. The zero-order chi connectivity index (χ0) is 17.9. The molecule has 8 heteroatoms. The van der Waals surface area contributed by atoms with Gasteiger partial charge in [-0.15, -0.1) is 0 Å². The molecule has 2 unspecified atom stereocenters. The highest BCUT2D eigenvalue weighted by atomic mass is 32.2. The second-order valence-electron chi connectivity index (χ2n) is 5.85. The Hall–Kier alpha value is -1.77. The van der Waals surface area contributed by atoms with Crippen molar-refractivity contribution in [1.82, 2.24) is 9.62 Å². The standard InChI is InChI=1S/C16H21FN2O4S/c1-11-5-7-14(8-6-11)24(22,23)18-15(12(2)20)16(21)19-9-3-4-13(17)10-19/h4-8,12,15,18,20H,3,9-10H2,1-2H3. The Bertz CT molecular complexity index is 729. The fourth-order valence-electron chi connectivity index (χ4n) is 2.40. The van der Waals surface area contributed by atoms with E-state index in [4.69, 9.17) is 0 Å². The number of hydrogen-bond acceptors (Lipinski definition) is 4. The predicted molar refractivity (Wildman–Crippen MR) is 87.4 cm³/mol. The summed E-state index contributed by atoms with van der Waals surface area (Å²) in [5, 5.41) is 9.85. The van der Waals surface area contributed by atoms with Gasteiger partial charge >= 0.3 is 0 Å². The number of carbonyl (C=O) groups is 1. The van der Waals surface area contributed by atoms with Crippen molar-refractivity contribution in [3.63, 3.8) is 0 Å². The second kappa shape index (κ2) is 7.42. The molecule has 1 aromatic rings. The van der Waals surface area contributed by atoms with Gasteiger partial charge in [-0.2, -0.15) is 4.72 Å². The van der Waals surface area contributed by atoms with Crippen molar-refractivity contribution in [2.45, 2.75) is 37.3 Å². The average molecular weight is 356 g/mol. The highest BCUT2D eigenvalue weighted by Gasteiger charge is 2.33. The number of nitrogens with zero attached hydrogens (tertiary/aromatic N) is 1. The highest BCUT2D eigenvalue weighted by molar-refractivity contribution is 7.89. The van der Waals surface area contributed by atoms with Crippen LogP contribution < -0.4 is 4.72 Å². The average Bonchev–Trinajstić information content (AvgIpc) is 2.52. The molecule has 24 heavy (non-hydrogen) atoms. The number of rotatable bonds is 5. The van der Waals surface area contributed by atoms with Crippen molar-refractivity contribution in [1.29, 1.82) is 0 Å². The molecule has 0 aromatic heterocycles. The van der Waals surface area contributed by atoms with Gasteiger partial charge in [0, 0.05) is 6.54 Å². The summed E-state index contributed by atoms with van der Waals surface area (Å²) in [6.07, 6.45) is 0.485. The number of aryl methyl sites for hydroxylation is 1. The van der Waals surface area contributed by atoms with Gasteiger partial charge in [0.1, 0.15) is 11.9 Å². The lowest BCUT2D eigenvalue weighted by Gasteiger charge is -2.30. The SMILES string of the molecule is Cc1ccc(S(=O)(=O)NC(C(=O)N2CCC=C(F)C2)C(C)O)cc1. The van der Waals surface area contributed by atoms with Crippen molar-refractivity contribution in [2.75, 3.05) is 13.1 Å². The summed E-state index contributed by atoms with van der Waals surface area (Å²) in [5.41, 5.74) is 0.896. The van der Waals surface area contributed by atoms with E-state index in [0.29, 0.717) is 6.42 Å². The molecule has 2 atom stereocenters. The van der Waals surface area contributed by atoms with E-state index in [1.807, 2.05) is 6.92 Å². The van der Waals surface area contributed by atoms with Crippen LogP contribution in [0.3, 0.4) is 0 Å². The fourth-order valence-corrected chi connectivity index (χ4v) is 3.66. The van der Waals surface area contributed by atoms with E-state index in [0.717, 1.165) is 5.56 Å². The molecular weight excluding hydrogens is 335 g/mol. The molecule has 1 aliphatic rings. The number of amides is 1. The van der Waals surface area contributed by atoms with Gasteiger partial charge in [0.2, 0.25) is 15.9 Å². The molecule has 2 N–H and O–H groups in total. The normalized spacial score (nSPS) is 18.0. The molecule has 1 amide bonds. The Morgan fingerprint density at radius 1 is 1.33 bits per heavy atom. The van der Waals surface area contributed by atoms with Gasteiger partial charge in [0.25, 0.3) is 0 Å². The van der Waals surface area contributed by atoms with E-state index in [1.54, 1.807) is 12.1 Å². The van der Waals surface area contributed by atoms with Gasteiger partial charge in [0.15, 0.2) is 0 Å². The molecule has 1 aromatic carbocycles. The van der Waals surface area contributed by atoms with E-state index >= 15 is 0 Å². The molecule has 0 saturated heterocycles. The summed E-state index contributed by atoms with van der Waals surface area (Å²) >= 11 is 0. The highest BCUT2D eigenvalue weighted by Crippen LogP contribution is 2.15. The van der Waals surface area contributed by atoms with Crippen LogP contribution in [0.1, 0.15) is 18.9 Å². The summed E-state index contributed by atoms with van der Waals surface area (Å²) in [4.78, 5) is 13.7. The van der Waals surface area contributed by atoms with Crippen LogP contribution in [0.5, 0.6) is 0 Å². The van der Waals surface area contributed by atoms with E-state index in [-0.39, 0.29) is 18.0 Å². The monoisotopic (exact) mass is 356 g/mol. The zero-order valence-electron chi connectivity index (χ0n) is 13.6. The van der Waals surface area contributed by atoms with Crippen LogP contribution in [-0.4, -0.2) is 49.6 Å². The summed E-state index contributed by atoms with van der Waals surface area (Å²) in [5.74, 6) is -1.09. The third-order valence-corrected chi connectivity index (χ3v) is 5.24. The van der Waals surface area contributed by atoms with Gasteiger partial charge < -0.3 is 10.0 Å². The molecule has 2 rings (SSSR count). The number of hydrogen-bond donors (Lipinski definition) is 2. The Morgan fingerprint density at radius 3 is 2.50 bits per heavy atom. The number of sulfonamides is 1. The molecular formula is C16H21FN2O4S. The van der Waals surface area contributed by atoms with Crippen LogP contribution in [0.25, 0.3) is 0 Å². The zero-order valence-corrected chi connectivity index (χ0v) is 14.4. The summed E-state index contributed by atoms with van der Waals surface area (Å²) < 4.78 is 40.5. The second-order valence-corrected chi connectivity index (χ2v) is 7.57. The molecule has 0 bridgehead atoms. The van der Waals surface area contributed by atoms with E-state index < -0.39 is 33.9 Å². The van der Waals surface area contributed by atoms with Crippen molar-refractivity contribution in [2.24, 2.45) is 0 Å². The van der Waals surface area contributed by atoms with E-state index in [2.05, 4.69) is 4.72 Å². The van der Waals surface area contributed by atoms with E-state index in [1.165, 1.54) is 30.0 Å². The lowest BCUT2D eigenvalue weighted by atomic mass is 10.1. The molecule has 1 aliphatic heterocycles. The van der Waals surface area contributed by atoms with Crippen LogP contribution in [0, 0.1) is 6.92 Å². The third-order valence-electron chi connectivity index (χ3n) is 3.78. The van der Waals surface area contributed by atoms with Gasteiger partial charge in [0.05, 0.1) is 17.5 Å². The van der Waals surface area contributed by atoms with Crippen molar-refractivity contribution in [3.8, 4) is 0 Å². The van der Waals surface area contributed by atoms with Crippen molar-refractivity contribution >= 4 is 15.9 Å². The predicted octanol–water partition coefficient (Wildman–Crippen LogP) is 1.11. The van der Waals surface area contributed by atoms with Gasteiger partial charge in [-0.3, -0.25) is 4.79 Å². The topological polar surface area (TPSA) is 86.7 Å². The number of nitrogens with one attached hydrogen (secondary N) is 1. The Morgan fingerprint density at radius 2 is 1.96 bits per heavy atom. The van der Waals surface area contributed by atoms with Gasteiger partial charge in [-0.05, 0) is 38.5 Å². The molecule has 0 spiro atoms. The number of aliphatic hydroxyl groups excluding tert-OH is 1. The quantitative estimate of drug-likeness (QED) is 0.827. The minimum atomic E-state index is -3.98. The third kappa shape index (κ3) is 4.40. The van der Waals surface area contributed by atoms with Gasteiger partial charge in [-0.1, -0.05) is 17.7 Å². The number of benzene rings is 1. The Labute approximate surface area is 141 Å². The fraction of sp³-hybridized carbons (Fsp3) is 0.438. The molecule has 0 aliphatic carbocycles. The first-order valence-electron chi connectivity index (χ1n) is 7.61. The van der Waals surface area contributed by atoms with Crippen LogP contribution in [0.4, 0.5) is 4.39 Å². The summed E-state index contributed by atoms with van der Waals surface area (Å²) in [6, 6.07) is 4.74. The van der Waals surface area contributed by atoms with Crippen LogP contribution >= 0.6 is 0 Å². The summed E-state index contributed by atoms with van der Waals surface area (Å²) in [7, 11) is -3.98. The smallest absolute Gasteiger partial charge is 0.243 e.